The Morgan fingerprint density at radius 1 is 1.43 bits per heavy atom. The molecule has 0 saturated carbocycles. The summed E-state index contributed by atoms with van der Waals surface area (Å²) in [5.74, 6) is 0. The quantitative estimate of drug-likeness (QED) is 0.339. The van der Waals surface area contributed by atoms with E-state index in [0.29, 0.717) is 6.54 Å². The predicted octanol–water partition coefficient (Wildman–Crippen LogP) is 3.78. The van der Waals surface area contributed by atoms with E-state index in [0.717, 1.165) is 16.5 Å². The Hall–Kier alpha value is -1.25. The Balaban J connectivity index is 2.81. The van der Waals surface area contributed by atoms with Crippen molar-refractivity contribution in [3.05, 3.63) is 52.4 Å². The Kier molecular flexibility index (Phi) is 4.83. The molecule has 4 heteroatoms. The molecule has 1 rings (SSSR count). The molecule has 14 heavy (non-hydrogen) atoms. The fourth-order valence-corrected chi connectivity index (χ4v) is 1.64. The van der Waals surface area contributed by atoms with Crippen molar-refractivity contribution in [1.29, 1.82) is 0 Å². The smallest absolute Gasteiger partial charge is 0.0446 e. The van der Waals surface area contributed by atoms with Crippen molar-refractivity contribution in [3.63, 3.8) is 0 Å². The number of halogens is 1. The van der Waals surface area contributed by atoms with Gasteiger partial charge in [0.05, 0.1) is 0 Å². The Morgan fingerprint density at radius 3 is 2.71 bits per heavy atom. The van der Waals surface area contributed by atoms with Crippen molar-refractivity contribution in [2.45, 2.75) is 0 Å². The zero-order valence-electron chi connectivity index (χ0n) is 7.60. The summed E-state index contributed by atoms with van der Waals surface area (Å²) in [6.07, 6.45) is 1.92. The van der Waals surface area contributed by atoms with Crippen LogP contribution in [0.2, 0.25) is 0 Å². The van der Waals surface area contributed by atoms with E-state index in [-0.39, 0.29) is 0 Å². The average Bonchev–Trinajstić information content (AvgIpc) is 2.26. The SMILES string of the molecule is [N-]=[N+]=NC/C=C(\CBr)c1ccccc1. The maximum atomic E-state index is 8.14. The maximum Gasteiger partial charge on any atom is 0.0446 e. The van der Waals surface area contributed by atoms with Crippen molar-refractivity contribution >= 4 is 21.5 Å². The zero-order chi connectivity index (χ0) is 10.2. The molecule has 0 aromatic heterocycles. The number of nitrogens with zero attached hydrogens (tertiary/aromatic N) is 3. The first-order valence-corrected chi connectivity index (χ1v) is 5.32. The van der Waals surface area contributed by atoms with Crippen LogP contribution in [-0.2, 0) is 0 Å². The molecule has 0 spiro atoms. The lowest BCUT2D eigenvalue weighted by Crippen LogP contribution is -1.86. The molecule has 0 bridgehead atoms. The first-order chi connectivity index (χ1) is 6.88. The number of rotatable bonds is 4. The number of alkyl halides is 1. The molecule has 0 aliphatic rings. The molecule has 0 aliphatic heterocycles. The number of azide groups is 1. The first kappa shape index (κ1) is 10.8. The summed E-state index contributed by atoms with van der Waals surface area (Å²) in [5, 5.41) is 4.23. The van der Waals surface area contributed by atoms with Crippen LogP contribution >= 0.6 is 15.9 Å². The highest BCUT2D eigenvalue weighted by Gasteiger charge is 1.96. The van der Waals surface area contributed by atoms with Gasteiger partial charge < -0.3 is 0 Å². The van der Waals surface area contributed by atoms with E-state index in [1.54, 1.807) is 0 Å². The van der Waals surface area contributed by atoms with Gasteiger partial charge in [-0.3, -0.25) is 0 Å². The minimum atomic E-state index is 0.395. The predicted molar refractivity (Wildman–Crippen MR) is 62.2 cm³/mol. The molecule has 0 amide bonds. The van der Waals surface area contributed by atoms with E-state index in [1.807, 2.05) is 36.4 Å². The van der Waals surface area contributed by atoms with Crippen LogP contribution in [0.3, 0.4) is 0 Å². The van der Waals surface area contributed by atoms with Crippen molar-refractivity contribution in [3.8, 4) is 0 Å². The minimum absolute atomic E-state index is 0.395. The summed E-state index contributed by atoms with van der Waals surface area (Å²) in [7, 11) is 0. The van der Waals surface area contributed by atoms with E-state index >= 15 is 0 Å². The second kappa shape index (κ2) is 6.24. The van der Waals surface area contributed by atoms with Crippen LogP contribution in [0.15, 0.2) is 41.5 Å². The summed E-state index contributed by atoms with van der Waals surface area (Å²) >= 11 is 3.40. The largest absolute Gasteiger partial charge is 0.0899 e. The van der Waals surface area contributed by atoms with Gasteiger partial charge in [-0.15, -0.1) is 0 Å². The van der Waals surface area contributed by atoms with Crippen LogP contribution in [0.5, 0.6) is 0 Å². The normalized spacial score (nSPS) is 10.8. The maximum absolute atomic E-state index is 8.14. The van der Waals surface area contributed by atoms with Crippen molar-refractivity contribution in [1.82, 2.24) is 0 Å². The lowest BCUT2D eigenvalue weighted by molar-refractivity contribution is 1.21. The minimum Gasteiger partial charge on any atom is -0.0899 e. The summed E-state index contributed by atoms with van der Waals surface area (Å²) < 4.78 is 0. The van der Waals surface area contributed by atoms with E-state index in [1.165, 1.54) is 0 Å². The summed E-state index contributed by atoms with van der Waals surface area (Å²) in [6.45, 7) is 0.395. The van der Waals surface area contributed by atoms with Crippen LogP contribution in [0, 0.1) is 0 Å². The van der Waals surface area contributed by atoms with Crippen LogP contribution in [0.25, 0.3) is 16.0 Å². The second-order valence-electron chi connectivity index (χ2n) is 2.64. The summed E-state index contributed by atoms with van der Waals surface area (Å²) in [4.78, 5) is 2.70. The van der Waals surface area contributed by atoms with Crippen LogP contribution in [0.1, 0.15) is 5.56 Å². The van der Waals surface area contributed by atoms with E-state index in [9.17, 15) is 0 Å². The molecule has 0 aliphatic carbocycles. The number of allylic oxidation sites excluding steroid dienone is 1. The van der Waals surface area contributed by atoms with E-state index in [2.05, 4.69) is 26.0 Å². The summed E-state index contributed by atoms with van der Waals surface area (Å²) in [5.41, 5.74) is 10.4. The monoisotopic (exact) mass is 251 g/mol. The van der Waals surface area contributed by atoms with Gasteiger partial charge >= 0.3 is 0 Å². The lowest BCUT2D eigenvalue weighted by Gasteiger charge is -2.02. The molecule has 0 radical (unpaired) electrons. The van der Waals surface area contributed by atoms with Crippen molar-refractivity contribution < 1.29 is 0 Å². The number of hydrogen-bond donors (Lipinski definition) is 0. The third kappa shape index (κ3) is 3.24. The summed E-state index contributed by atoms with van der Waals surface area (Å²) in [6, 6.07) is 10.0. The van der Waals surface area contributed by atoms with Crippen LogP contribution in [0.4, 0.5) is 0 Å². The lowest BCUT2D eigenvalue weighted by atomic mass is 10.1. The van der Waals surface area contributed by atoms with Crippen molar-refractivity contribution in [2.75, 3.05) is 11.9 Å². The highest BCUT2D eigenvalue weighted by atomic mass is 79.9. The molecule has 1 aromatic rings. The third-order valence-corrected chi connectivity index (χ3v) is 2.38. The molecule has 0 heterocycles. The van der Waals surface area contributed by atoms with Gasteiger partial charge in [-0.25, -0.2) is 0 Å². The molecule has 1 aromatic carbocycles. The molecule has 0 saturated heterocycles. The molecule has 72 valence electrons. The van der Waals surface area contributed by atoms with Gasteiger partial charge in [-0.2, -0.15) is 0 Å². The van der Waals surface area contributed by atoms with Gasteiger partial charge in [0.25, 0.3) is 0 Å². The van der Waals surface area contributed by atoms with Crippen LogP contribution < -0.4 is 0 Å². The number of benzene rings is 1. The molecule has 0 N–H and O–H groups in total. The molecular weight excluding hydrogens is 242 g/mol. The fourth-order valence-electron chi connectivity index (χ4n) is 1.09. The molecule has 0 atom stereocenters. The highest BCUT2D eigenvalue weighted by molar-refractivity contribution is 9.09. The van der Waals surface area contributed by atoms with Gasteiger partial charge in [0.2, 0.25) is 0 Å². The second-order valence-corrected chi connectivity index (χ2v) is 3.20. The molecule has 3 nitrogen and oxygen atoms in total. The highest BCUT2D eigenvalue weighted by Crippen LogP contribution is 2.15. The van der Waals surface area contributed by atoms with Crippen LogP contribution in [-0.4, -0.2) is 11.9 Å². The zero-order valence-corrected chi connectivity index (χ0v) is 9.18. The average molecular weight is 252 g/mol. The molecule has 0 unspecified atom stereocenters. The fraction of sp³-hybridized carbons (Fsp3) is 0.200. The van der Waals surface area contributed by atoms with Crippen molar-refractivity contribution in [2.24, 2.45) is 5.11 Å². The topological polar surface area (TPSA) is 48.8 Å². The van der Waals surface area contributed by atoms with Gasteiger partial charge in [0.1, 0.15) is 0 Å². The van der Waals surface area contributed by atoms with E-state index < -0.39 is 0 Å². The number of hydrogen-bond acceptors (Lipinski definition) is 1. The Labute approximate surface area is 91.2 Å². The Morgan fingerprint density at radius 2 is 2.14 bits per heavy atom. The van der Waals surface area contributed by atoms with Gasteiger partial charge in [-0.05, 0) is 16.7 Å². The standard InChI is InChI=1S/C10H10BrN3/c11-8-10(6-7-13-14-12)9-4-2-1-3-5-9/h1-6H,7-8H2/b10-6+. The molecular formula is C10H10BrN3. The van der Waals surface area contributed by atoms with Gasteiger partial charge in [0.15, 0.2) is 0 Å². The van der Waals surface area contributed by atoms with Gasteiger partial charge in [0, 0.05) is 16.8 Å². The van der Waals surface area contributed by atoms with Gasteiger partial charge in [-0.1, -0.05) is 57.5 Å². The van der Waals surface area contributed by atoms with E-state index in [4.69, 9.17) is 5.53 Å². The molecule has 0 fully saturated rings. The Bertz CT molecular complexity index is 353. The third-order valence-electron chi connectivity index (χ3n) is 1.77. The first-order valence-electron chi connectivity index (χ1n) is 4.19.